The van der Waals surface area contributed by atoms with Crippen LogP contribution in [0.5, 0.6) is 0 Å². The number of aliphatic hydroxyl groups excluding tert-OH is 1. The Morgan fingerprint density at radius 3 is 2.43 bits per heavy atom. The molecule has 1 aliphatic rings. The number of hydrogen-bond donors (Lipinski definition) is 1. The predicted molar refractivity (Wildman–Crippen MR) is 76.9 cm³/mol. The Morgan fingerprint density at radius 2 is 1.86 bits per heavy atom. The third-order valence-corrected chi connectivity index (χ3v) is 4.67. The topological polar surface area (TPSA) is 20.2 Å². The lowest BCUT2D eigenvalue weighted by Gasteiger charge is -2.31. The maximum absolute atomic E-state index is 12.5. The van der Waals surface area contributed by atoms with Crippen LogP contribution in [0.25, 0.3) is 0 Å². The second-order valence-electron chi connectivity index (χ2n) is 6.17. The Bertz CT molecular complexity index is 438. The van der Waals surface area contributed by atoms with Gasteiger partial charge in [-0.15, -0.1) is 0 Å². The Morgan fingerprint density at radius 1 is 1.19 bits per heavy atom. The molecule has 0 amide bonds. The maximum Gasteiger partial charge on any atom is 0.416 e. The first-order chi connectivity index (χ1) is 9.90. The van der Waals surface area contributed by atoms with Gasteiger partial charge in [-0.2, -0.15) is 13.2 Å². The molecule has 1 N–H and O–H groups in total. The summed E-state index contributed by atoms with van der Waals surface area (Å²) in [5.74, 6) is 0.969. The molecule has 0 aliphatic heterocycles. The number of halogens is 3. The first kappa shape index (κ1) is 16.3. The van der Waals surface area contributed by atoms with Crippen molar-refractivity contribution in [1.29, 1.82) is 0 Å². The van der Waals surface area contributed by atoms with Crippen LogP contribution in [0.2, 0.25) is 0 Å². The van der Waals surface area contributed by atoms with Gasteiger partial charge in [0.25, 0.3) is 0 Å². The zero-order chi connectivity index (χ0) is 15.5. The van der Waals surface area contributed by atoms with Gasteiger partial charge in [-0.3, -0.25) is 0 Å². The normalized spacial score (nSPS) is 24.8. The number of alkyl halides is 3. The maximum atomic E-state index is 12.5. The molecule has 0 saturated heterocycles. The number of benzene rings is 1. The van der Waals surface area contributed by atoms with Gasteiger partial charge in [0.1, 0.15) is 0 Å². The summed E-state index contributed by atoms with van der Waals surface area (Å²) in [4.78, 5) is 0. The first-order valence-electron chi connectivity index (χ1n) is 7.74. The standard InChI is InChI=1S/C17H23F3O/c1-2-12-4-3-5-14(10-12)16(21)11-13-6-8-15(9-7-13)17(18,19)20/h6-9,12,14,16,21H,2-5,10-11H2,1H3. The summed E-state index contributed by atoms with van der Waals surface area (Å²) in [6.07, 6.45) is 1.29. The summed E-state index contributed by atoms with van der Waals surface area (Å²) in [5.41, 5.74) is 0.138. The van der Waals surface area contributed by atoms with E-state index in [0.29, 0.717) is 12.3 Å². The molecule has 0 spiro atoms. The van der Waals surface area contributed by atoms with E-state index >= 15 is 0 Å². The van der Waals surface area contributed by atoms with Gasteiger partial charge in [-0.25, -0.2) is 0 Å². The van der Waals surface area contributed by atoms with E-state index in [9.17, 15) is 18.3 Å². The largest absolute Gasteiger partial charge is 0.416 e. The highest BCUT2D eigenvalue weighted by Gasteiger charge is 2.30. The monoisotopic (exact) mass is 300 g/mol. The van der Waals surface area contributed by atoms with Gasteiger partial charge >= 0.3 is 6.18 Å². The van der Waals surface area contributed by atoms with Crippen LogP contribution in [-0.4, -0.2) is 11.2 Å². The van der Waals surface area contributed by atoms with Crippen LogP contribution in [0.1, 0.15) is 50.2 Å². The zero-order valence-corrected chi connectivity index (χ0v) is 12.4. The van der Waals surface area contributed by atoms with Crippen LogP contribution < -0.4 is 0 Å². The summed E-state index contributed by atoms with van der Waals surface area (Å²) in [6.45, 7) is 2.18. The van der Waals surface area contributed by atoms with Crippen LogP contribution >= 0.6 is 0 Å². The summed E-state index contributed by atoms with van der Waals surface area (Å²) >= 11 is 0. The fourth-order valence-corrected chi connectivity index (χ4v) is 3.29. The van der Waals surface area contributed by atoms with Crippen molar-refractivity contribution >= 4 is 0 Å². The molecule has 21 heavy (non-hydrogen) atoms. The lowest BCUT2D eigenvalue weighted by Crippen LogP contribution is -2.28. The molecule has 1 fully saturated rings. The third kappa shape index (κ3) is 4.47. The molecule has 0 aromatic heterocycles. The summed E-state index contributed by atoms with van der Waals surface area (Å²) < 4.78 is 37.5. The van der Waals surface area contributed by atoms with Crippen LogP contribution in [0.15, 0.2) is 24.3 Å². The van der Waals surface area contributed by atoms with Gasteiger partial charge in [0.05, 0.1) is 11.7 Å². The molecule has 0 heterocycles. The molecular weight excluding hydrogens is 277 g/mol. The van der Waals surface area contributed by atoms with E-state index < -0.39 is 17.8 Å². The molecule has 1 aromatic carbocycles. The van der Waals surface area contributed by atoms with Crippen LogP contribution in [0.3, 0.4) is 0 Å². The van der Waals surface area contributed by atoms with Crippen molar-refractivity contribution in [3.8, 4) is 0 Å². The van der Waals surface area contributed by atoms with Crippen molar-refractivity contribution < 1.29 is 18.3 Å². The summed E-state index contributed by atoms with van der Waals surface area (Å²) in [6, 6.07) is 5.15. The van der Waals surface area contributed by atoms with Crippen molar-refractivity contribution in [2.24, 2.45) is 11.8 Å². The van der Waals surface area contributed by atoms with Gasteiger partial charge < -0.3 is 5.11 Å². The van der Waals surface area contributed by atoms with Gasteiger partial charge in [0.2, 0.25) is 0 Å². The van der Waals surface area contributed by atoms with Crippen molar-refractivity contribution in [1.82, 2.24) is 0 Å². The SMILES string of the molecule is CCC1CCCC(C(O)Cc2ccc(C(F)(F)F)cc2)C1. The number of rotatable bonds is 4. The molecule has 1 aromatic rings. The minimum Gasteiger partial charge on any atom is -0.392 e. The van der Waals surface area contributed by atoms with Gasteiger partial charge in [0.15, 0.2) is 0 Å². The minimum atomic E-state index is -4.30. The summed E-state index contributed by atoms with van der Waals surface area (Å²) in [5, 5.41) is 10.3. The van der Waals surface area contributed by atoms with E-state index in [-0.39, 0.29) is 5.92 Å². The molecule has 4 heteroatoms. The highest BCUT2D eigenvalue weighted by atomic mass is 19.4. The van der Waals surface area contributed by atoms with Gasteiger partial charge in [0, 0.05) is 0 Å². The molecule has 118 valence electrons. The Labute approximate surface area is 124 Å². The number of hydrogen-bond acceptors (Lipinski definition) is 1. The molecule has 1 aliphatic carbocycles. The molecule has 3 atom stereocenters. The van der Waals surface area contributed by atoms with Crippen molar-refractivity contribution in [2.45, 2.75) is 57.7 Å². The van der Waals surface area contributed by atoms with Crippen molar-refractivity contribution in [3.63, 3.8) is 0 Å². The molecule has 3 unspecified atom stereocenters. The average molecular weight is 300 g/mol. The van der Waals surface area contributed by atoms with E-state index in [1.807, 2.05) is 0 Å². The molecule has 2 rings (SSSR count). The first-order valence-corrected chi connectivity index (χ1v) is 7.74. The van der Waals surface area contributed by atoms with E-state index in [1.165, 1.54) is 18.6 Å². The number of aliphatic hydroxyl groups is 1. The van der Waals surface area contributed by atoms with E-state index in [4.69, 9.17) is 0 Å². The van der Waals surface area contributed by atoms with Crippen LogP contribution in [0, 0.1) is 11.8 Å². The van der Waals surface area contributed by atoms with Crippen LogP contribution in [-0.2, 0) is 12.6 Å². The average Bonchev–Trinajstić information content (AvgIpc) is 2.47. The fourth-order valence-electron chi connectivity index (χ4n) is 3.29. The van der Waals surface area contributed by atoms with E-state index in [0.717, 1.165) is 43.4 Å². The molecule has 0 radical (unpaired) electrons. The Balaban J connectivity index is 1.94. The Hall–Kier alpha value is -1.03. The lowest BCUT2D eigenvalue weighted by atomic mass is 9.76. The second-order valence-corrected chi connectivity index (χ2v) is 6.17. The highest BCUT2D eigenvalue weighted by molar-refractivity contribution is 5.25. The quantitative estimate of drug-likeness (QED) is 0.844. The lowest BCUT2D eigenvalue weighted by molar-refractivity contribution is -0.137. The highest BCUT2D eigenvalue weighted by Crippen LogP contribution is 2.34. The summed E-state index contributed by atoms with van der Waals surface area (Å²) in [7, 11) is 0. The molecule has 1 saturated carbocycles. The van der Waals surface area contributed by atoms with Crippen LogP contribution in [0.4, 0.5) is 13.2 Å². The molecular formula is C17H23F3O. The Kier molecular flexibility index (Phi) is 5.31. The molecule has 0 bridgehead atoms. The van der Waals surface area contributed by atoms with E-state index in [2.05, 4.69) is 6.92 Å². The third-order valence-electron chi connectivity index (χ3n) is 4.67. The fraction of sp³-hybridized carbons (Fsp3) is 0.647. The minimum absolute atomic E-state index is 0.283. The van der Waals surface area contributed by atoms with E-state index in [1.54, 1.807) is 0 Å². The smallest absolute Gasteiger partial charge is 0.392 e. The zero-order valence-electron chi connectivity index (χ0n) is 12.4. The second kappa shape index (κ2) is 6.82. The van der Waals surface area contributed by atoms with Gasteiger partial charge in [-0.05, 0) is 48.8 Å². The van der Waals surface area contributed by atoms with Gasteiger partial charge in [-0.1, -0.05) is 38.3 Å². The van der Waals surface area contributed by atoms with Crippen molar-refractivity contribution in [2.75, 3.05) is 0 Å². The van der Waals surface area contributed by atoms with Crippen molar-refractivity contribution in [3.05, 3.63) is 35.4 Å². The predicted octanol–water partition coefficient (Wildman–Crippen LogP) is 4.83. The molecule has 1 nitrogen and oxygen atoms in total.